The predicted molar refractivity (Wildman–Crippen MR) is 35.9 cm³/mol. The molecule has 0 aromatic heterocycles. The van der Waals surface area contributed by atoms with E-state index in [1.807, 2.05) is 0 Å². The minimum absolute atomic E-state index is 0. The molecule has 0 rings (SSSR count). The molecule has 1 radical (unpaired) electrons. The number of hydrogen-bond acceptors (Lipinski definition) is 0. The molecule has 0 aromatic rings. The minimum Gasteiger partial charge on any atom is -0.346 e. The number of hydrogen-bond donors (Lipinski definition) is 0. The van der Waals surface area contributed by atoms with Crippen LogP contribution in [0.15, 0.2) is 0 Å². The van der Waals surface area contributed by atoms with Crippen molar-refractivity contribution in [3.05, 3.63) is 13.3 Å². The second-order valence-corrected chi connectivity index (χ2v) is 1.11. The molecular weight excluding hydrogens is 182 g/mol. The van der Waals surface area contributed by atoms with E-state index in [1.54, 1.807) is 6.92 Å². The average Bonchev–Trinajstić information content (AvgIpc) is 1.75. The van der Waals surface area contributed by atoms with Crippen molar-refractivity contribution in [1.82, 2.24) is 0 Å². The third kappa shape index (κ3) is 30.2. The monoisotopic (exact) mass is 197 g/mol. The van der Waals surface area contributed by atoms with Gasteiger partial charge in [0.1, 0.15) is 0 Å². The topological polar surface area (TPSA) is 0 Å². The van der Waals surface area contributed by atoms with Crippen molar-refractivity contribution in [2.24, 2.45) is 0 Å². The summed E-state index contributed by atoms with van der Waals surface area (Å²) in [5.41, 5.74) is 0. The first-order valence-electron chi connectivity index (χ1n) is 2.94. The van der Waals surface area contributed by atoms with E-state index >= 15 is 0 Å². The van der Waals surface area contributed by atoms with Gasteiger partial charge in [0.2, 0.25) is 0 Å². The van der Waals surface area contributed by atoms with Crippen molar-refractivity contribution < 1.29 is 20.1 Å². The number of rotatable bonds is 2. The van der Waals surface area contributed by atoms with E-state index in [2.05, 4.69) is 27.2 Å². The molecule has 0 aliphatic rings. The molecule has 0 aliphatic heterocycles. The fourth-order valence-corrected chi connectivity index (χ4v) is 0.289. The van der Waals surface area contributed by atoms with Gasteiger partial charge >= 0.3 is 0 Å². The van der Waals surface area contributed by atoms with Crippen LogP contribution in [0.4, 0.5) is 0 Å². The Hall–Kier alpha value is 0.649. The van der Waals surface area contributed by atoms with Gasteiger partial charge in [0.05, 0.1) is 0 Å². The third-order valence-corrected chi connectivity index (χ3v) is 0.577. The van der Waals surface area contributed by atoms with E-state index in [1.165, 1.54) is 12.8 Å². The Morgan fingerprint density at radius 3 is 1.38 bits per heavy atom. The Bertz CT molecular complexity index is 11.9. The summed E-state index contributed by atoms with van der Waals surface area (Å²) in [6.45, 7) is 9.31. The molecule has 0 N–H and O–H groups in total. The van der Waals surface area contributed by atoms with Gasteiger partial charge < -0.3 is 13.3 Å². The molecule has 0 saturated carbocycles. The van der Waals surface area contributed by atoms with Crippen LogP contribution in [0, 0.1) is 13.3 Å². The zero-order chi connectivity index (χ0) is 6.12. The third-order valence-electron chi connectivity index (χ3n) is 0.577. The summed E-state index contributed by atoms with van der Waals surface area (Å²) in [5.74, 6) is 0. The van der Waals surface area contributed by atoms with Crippen molar-refractivity contribution in [2.75, 3.05) is 0 Å². The molecule has 8 heavy (non-hydrogen) atoms. The molecule has 0 nitrogen and oxygen atoms in total. The van der Waals surface area contributed by atoms with Crippen molar-refractivity contribution in [1.29, 1.82) is 0 Å². The van der Waals surface area contributed by atoms with Crippen LogP contribution in [0.2, 0.25) is 0 Å². The van der Waals surface area contributed by atoms with Crippen molar-refractivity contribution in [3.8, 4) is 0 Å². The van der Waals surface area contributed by atoms with Crippen LogP contribution in [-0.2, 0) is 20.1 Å². The summed E-state index contributed by atoms with van der Waals surface area (Å²) in [6, 6.07) is 0. The first-order valence-corrected chi connectivity index (χ1v) is 2.94. The summed E-state index contributed by atoms with van der Waals surface area (Å²) in [6.07, 6.45) is 4.69. The van der Waals surface area contributed by atoms with Gasteiger partial charge in [-0.15, -0.1) is 0 Å². The van der Waals surface area contributed by atoms with Crippen LogP contribution in [0.25, 0.3) is 0 Å². The average molecular weight is 198 g/mol. The molecule has 0 aromatic carbocycles. The fraction of sp³-hybridized carbons (Fsp3) is 0.714. The number of unbranched alkanes of at least 4 members (excludes halogenated alkanes) is 2. The van der Waals surface area contributed by atoms with Crippen LogP contribution < -0.4 is 0 Å². The standard InChI is InChI=1S/C5H11.C2H5.Tc/c1-3-5-4-2;1-2;/h5H,3-4H2,1-2H3;1H2,2H3;/q2*-1;. The molecule has 0 atom stereocenters. The summed E-state index contributed by atoms with van der Waals surface area (Å²) >= 11 is 0. The molecule has 1 heteroatoms. The first kappa shape index (κ1) is 15.9. The van der Waals surface area contributed by atoms with Crippen LogP contribution in [0.3, 0.4) is 0 Å². The fourth-order valence-electron chi connectivity index (χ4n) is 0.289. The van der Waals surface area contributed by atoms with Gasteiger partial charge in [-0.05, 0) is 0 Å². The summed E-state index contributed by atoms with van der Waals surface area (Å²) in [7, 11) is 0. The molecule has 0 bridgehead atoms. The quantitative estimate of drug-likeness (QED) is 0.598. The van der Waals surface area contributed by atoms with Crippen molar-refractivity contribution in [2.45, 2.75) is 33.6 Å². The molecule has 0 spiro atoms. The first-order chi connectivity index (χ1) is 3.41. The van der Waals surface area contributed by atoms with Crippen LogP contribution in [-0.4, -0.2) is 0 Å². The Kier molecular flexibility index (Phi) is 50.3. The summed E-state index contributed by atoms with van der Waals surface area (Å²) in [4.78, 5) is 0. The Labute approximate surface area is 67.4 Å². The minimum atomic E-state index is 0. The van der Waals surface area contributed by atoms with Gasteiger partial charge in [-0.1, -0.05) is 13.8 Å². The molecular formula is C7H16Tc-2. The second-order valence-electron chi connectivity index (χ2n) is 1.11. The van der Waals surface area contributed by atoms with Gasteiger partial charge in [0.25, 0.3) is 0 Å². The SMILES string of the molecule is CC[CH-]CC.[CH2-]C.[Tc]. The van der Waals surface area contributed by atoms with Crippen LogP contribution in [0.5, 0.6) is 0 Å². The zero-order valence-electron chi connectivity index (χ0n) is 6.08. The van der Waals surface area contributed by atoms with E-state index in [0.29, 0.717) is 0 Å². The van der Waals surface area contributed by atoms with E-state index in [-0.39, 0.29) is 20.1 Å². The maximum absolute atomic E-state index is 3.25. The van der Waals surface area contributed by atoms with E-state index in [0.717, 1.165) is 0 Å². The van der Waals surface area contributed by atoms with Crippen LogP contribution >= 0.6 is 0 Å². The maximum Gasteiger partial charge on any atom is 0 e. The van der Waals surface area contributed by atoms with Gasteiger partial charge in [0.15, 0.2) is 0 Å². The zero-order valence-corrected chi connectivity index (χ0v) is 7.93. The molecule has 0 unspecified atom stereocenters. The Morgan fingerprint density at radius 2 is 1.38 bits per heavy atom. The molecule has 0 saturated heterocycles. The molecule has 0 fully saturated rings. The maximum atomic E-state index is 3.25. The van der Waals surface area contributed by atoms with Crippen LogP contribution in [0.1, 0.15) is 33.6 Å². The molecule has 0 amide bonds. The molecule has 53 valence electrons. The smallest absolute Gasteiger partial charge is 0 e. The molecule has 0 heterocycles. The van der Waals surface area contributed by atoms with Crippen molar-refractivity contribution >= 4 is 0 Å². The molecule has 0 aliphatic carbocycles. The van der Waals surface area contributed by atoms with Gasteiger partial charge in [-0.3, -0.25) is 0 Å². The van der Waals surface area contributed by atoms with E-state index in [9.17, 15) is 0 Å². The van der Waals surface area contributed by atoms with Crippen molar-refractivity contribution in [3.63, 3.8) is 0 Å². The largest absolute Gasteiger partial charge is 0.346 e. The van der Waals surface area contributed by atoms with E-state index < -0.39 is 0 Å². The predicted octanol–water partition coefficient (Wildman–Crippen LogP) is 2.85. The van der Waals surface area contributed by atoms with Gasteiger partial charge in [0, 0.05) is 20.1 Å². The van der Waals surface area contributed by atoms with Gasteiger partial charge in [-0.25, -0.2) is 0 Å². The normalized spacial score (nSPS) is 6.00. The Morgan fingerprint density at radius 1 is 1.12 bits per heavy atom. The second kappa shape index (κ2) is 25.4. The van der Waals surface area contributed by atoms with E-state index in [4.69, 9.17) is 0 Å². The summed E-state index contributed by atoms with van der Waals surface area (Å²) < 4.78 is 0. The Balaban J connectivity index is -0.0000000750. The van der Waals surface area contributed by atoms with Gasteiger partial charge in [-0.2, -0.15) is 19.8 Å². The summed E-state index contributed by atoms with van der Waals surface area (Å²) in [5, 5.41) is 0.